The highest BCUT2D eigenvalue weighted by atomic mass is 32.1. The Morgan fingerprint density at radius 3 is 2.47 bits per heavy atom. The fourth-order valence-electron chi connectivity index (χ4n) is 1.96. The van der Waals surface area contributed by atoms with E-state index in [0.29, 0.717) is 11.3 Å². The Bertz CT molecular complexity index is 640. The number of benzene rings is 1. The van der Waals surface area contributed by atoms with E-state index >= 15 is 0 Å². The molecule has 2 rings (SSSR count). The topological polar surface area (TPSA) is 37.8 Å². The Balaban J connectivity index is 2.11. The summed E-state index contributed by atoms with van der Waals surface area (Å²) in [6.07, 6.45) is 5.31. The zero-order valence-electron chi connectivity index (χ0n) is 11.1. The maximum atomic E-state index is 11.1. The Hall–Kier alpha value is -1.68. The van der Waals surface area contributed by atoms with Crippen LogP contribution in [0.25, 0.3) is 0 Å². The fourth-order valence-corrected chi connectivity index (χ4v) is 2.18. The molecule has 0 fully saturated rings. The number of aromatic amines is 1. The second-order valence-electron chi connectivity index (χ2n) is 4.66. The summed E-state index contributed by atoms with van der Waals surface area (Å²) in [6.45, 7) is 2.88. The zero-order chi connectivity index (χ0) is 13.7. The number of hydrogen-bond donors (Lipinski definition) is 1. The molecule has 3 nitrogen and oxygen atoms in total. The van der Waals surface area contributed by atoms with Gasteiger partial charge in [-0.15, -0.1) is 0 Å². The van der Waals surface area contributed by atoms with Gasteiger partial charge in [0, 0.05) is 18.8 Å². The van der Waals surface area contributed by atoms with Crippen LogP contribution in [0.5, 0.6) is 0 Å². The minimum atomic E-state index is -0.156. The van der Waals surface area contributed by atoms with Crippen LogP contribution in [-0.4, -0.2) is 9.55 Å². The first-order valence-corrected chi connectivity index (χ1v) is 6.97. The molecule has 0 aliphatic rings. The first-order chi connectivity index (χ1) is 9.19. The van der Waals surface area contributed by atoms with Gasteiger partial charge in [-0.2, -0.15) is 0 Å². The smallest absolute Gasteiger partial charge is 0.251 e. The van der Waals surface area contributed by atoms with Crippen molar-refractivity contribution < 1.29 is 0 Å². The zero-order valence-corrected chi connectivity index (χ0v) is 11.9. The van der Waals surface area contributed by atoms with Crippen LogP contribution < -0.4 is 5.56 Å². The minimum absolute atomic E-state index is 0.156. The van der Waals surface area contributed by atoms with Gasteiger partial charge in [0.25, 0.3) is 5.56 Å². The molecule has 0 spiro atoms. The number of nitrogens with zero attached hydrogens (tertiary/aromatic N) is 1. The summed E-state index contributed by atoms with van der Waals surface area (Å²) >= 11 is 5.13. The molecule has 4 heteroatoms. The van der Waals surface area contributed by atoms with Crippen molar-refractivity contribution in [2.75, 3.05) is 0 Å². The lowest BCUT2D eigenvalue weighted by molar-refractivity contribution is 0.743. The van der Waals surface area contributed by atoms with Crippen molar-refractivity contribution in [1.29, 1.82) is 0 Å². The molecule has 100 valence electrons. The van der Waals surface area contributed by atoms with Crippen molar-refractivity contribution in [2.45, 2.75) is 32.7 Å². The predicted molar refractivity (Wildman–Crippen MR) is 80.0 cm³/mol. The third kappa shape index (κ3) is 3.89. The molecule has 1 heterocycles. The van der Waals surface area contributed by atoms with Gasteiger partial charge >= 0.3 is 0 Å². The summed E-state index contributed by atoms with van der Waals surface area (Å²) in [6, 6.07) is 10.1. The van der Waals surface area contributed by atoms with Crippen LogP contribution in [0.3, 0.4) is 0 Å². The van der Waals surface area contributed by atoms with Crippen LogP contribution in [0.15, 0.2) is 41.3 Å². The second-order valence-corrected chi connectivity index (χ2v) is 5.04. The number of aromatic nitrogens is 2. The quantitative estimate of drug-likeness (QED) is 0.850. The van der Waals surface area contributed by atoms with Crippen molar-refractivity contribution >= 4 is 12.2 Å². The van der Waals surface area contributed by atoms with Crippen LogP contribution in [0, 0.1) is 4.77 Å². The lowest BCUT2D eigenvalue weighted by Crippen LogP contribution is -2.11. The third-order valence-corrected chi connectivity index (χ3v) is 3.43. The molecule has 0 atom stereocenters. The standard InChI is InChI=1S/C15H18N2OS/c1-2-3-4-12-5-7-13(8-6-12)11-17-10-9-14(18)16-15(17)19/h5-10H,2-4,11H2,1H3,(H,16,18,19). The number of nitrogens with one attached hydrogen (secondary N) is 1. The summed E-state index contributed by atoms with van der Waals surface area (Å²) in [5.74, 6) is 0. The lowest BCUT2D eigenvalue weighted by Gasteiger charge is -2.07. The normalized spacial score (nSPS) is 10.6. The molecule has 19 heavy (non-hydrogen) atoms. The van der Waals surface area contributed by atoms with Crippen molar-refractivity contribution in [3.05, 3.63) is 62.8 Å². The van der Waals surface area contributed by atoms with Crippen LogP contribution in [0.4, 0.5) is 0 Å². The summed E-state index contributed by atoms with van der Waals surface area (Å²) < 4.78 is 2.32. The Morgan fingerprint density at radius 2 is 1.84 bits per heavy atom. The van der Waals surface area contributed by atoms with Gasteiger partial charge in [-0.05, 0) is 36.2 Å². The van der Waals surface area contributed by atoms with E-state index in [1.165, 1.54) is 30.0 Å². The third-order valence-electron chi connectivity index (χ3n) is 3.09. The number of H-pyrrole nitrogens is 1. The molecule has 1 N–H and O–H groups in total. The van der Waals surface area contributed by atoms with Crippen LogP contribution in [0.2, 0.25) is 0 Å². The summed E-state index contributed by atoms with van der Waals surface area (Å²) in [7, 11) is 0. The van der Waals surface area contributed by atoms with E-state index in [1.54, 1.807) is 6.20 Å². The largest absolute Gasteiger partial charge is 0.321 e. The van der Waals surface area contributed by atoms with Gasteiger partial charge in [-0.25, -0.2) is 0 Å². The number of aryl methyl sites for hydroxylation is 1. The monoisotopic (exact) mass is 274 g/mol. The van der Waals surface area contributed by atoms with Gasteiger partial charge in [0.2, 0.25) is 0 Å². The number of rotatable bonds is 5. The number of unbranched alkanes of at least 4 members (excludes halogenated alkanes) is 1. The molecule has 2 aromatic rings. The van der Waals surface area contributed by atoms with E-state index < -0.39 is 0 Å². The van der Waals surface area contributed by atoms with Gasteiger partial charge in [0.1, 0.15) is 0 Å². The first-order valence-electron chi connectivity index (χ1n) is 6.56. The van der Waals surface area contributed by atoms with E-state index in [-0.39, 0.29) is 5.56 Å². The maximum Gasteiger partial charge on any atom is 0.251 e. The summed E-state index contributed by atoms with van der Waals surface area (Å²) in [5, 5.41) is 0. The highest BCUT2D eigenvalue weighted by Crippen LogP contribution is 2.09. The van der Waals surface area contributed by atoms with Gasteiger partial charge in [-0.3, -0.25) is 9.78 Å². The van der Waals surface area contributed by atoms with Crippen molar-refractivity contribution in [3.8, 4) is 0 Å². The van der Waals surface area contributed by atoms with E-state index in [0.717, 1.165) is 6.42 Å². The highest BCUT2D eigenvalue weighted by molar-refractivity contribution is 7.71. The van der Waals surface area contributed by atoms with Crippen LogP contribution in [-0.2, 0) is 13.0 Å². The Morgan fingerprint density at radius 1 is 1.16 bits per heavy atom. The van der Waals surface area contributed by atoms with E-state index in [1.807, 2.05) is 4.57 Å². The average Bonchev–Trinajstić information content (AvgIpc) is 2.41. The average molecular weight is 274 g/mol. The fraction of sp³-hybridized carbons (Fsp3) is 0.333. The van der Waals surface area contributed by atoms with Crippen molar-refractivity contribution in [2.24, 2.45) is 0 Å². The van der Waals surface area contributed by atoms with E-state index in [4.69, 9.17) is 12.2 Å². The van der Waals surface area contributed by atoms with Gasteiger partial charge in [0.15, 0.2) is 4.77 Å². The van der Waals surface area contributed by atoms with E-state index in [9.17, 15) is 4.79 Å². The second kappa shape index (κ2) is 6.48. The Labute approximate surface area is 117 Å². The molecule has 0 aliphatic carbocycles. The van der Waals surface area contributed by atoms with Crippen LogP contribution in [0.1, 0.15) is 30.9 Å². The molecule has 0 radical (unpaired) electrons. The lowest BCUT2D eigenvalue weighted by atomic mass is 10.1. The molecule has 0 saturated carbocycles. The molecule has 1 aromatic carbocycles. The maximum absolute atomic E-state index is 11.1. The van der Waals surface area contributed by atoms with Gasteiger partial charge in [0.05, 0.1) is 0 Å². The highest BCUT2D eigenvalue weighted by Gasteiger charge is 1.98. The van der Waals surface area contributed by atoms with Gasteiger partial charge < -0.3 is 4.57 Å². The summed E-state index contributed by atoms with van der Waals surface area (Å²) in [4.78, 5) is 13.7. The molecule has 0 aliphatic heterocycles. The molecular formula is C15H18N2OS. The predicted octanol–water partition coefficient (Wildman–Crippen LogP) is 3.30. The molecule has 0 amide bonds. The molecule has 0 saturated heterocycles. The van der Waals surface area contributed by atoms with Gasteiger partial charge in [-0.1, -0.05) is 37.6 Å². The van der Waals surface area contributed by atoms with Crippen molar-refractivity contribution in [3.63, 3.8) is 0 Å². The van der Waals surface area contributed by atoms with Crippen LogP contribution >= 0.6 is 12.2 Å². The molecule has 0 unspecified atom stereocenters. The number of hydrogen-bond acceptors (Lipinski definition) is 2. The first kappa shape index (κ1) is 13.7. The van der Waals surface area contributed by atoms with Crippen molar-refractivity contribution in [1.82, 2.24) is 9.55 Å². The Kier molecular flexibility index (Phi) is 4.68. The molecule has 1 aromatic heterocycles. The molecular weight excluding hydrogens is 256 g/mol. The minimum Gasteiger partial charge on any atom is -0.321 e. The van der Waals surface area contributed by atoms with E-state index in [2.05, 4.69) is 36.2 Å². The summed E-state index contributed by atoms with van der Waals surface area (Å²) in [5.41, 5.74) is 2.40. The SMILES string of the molecule is CCCCc1ccc(Cn2ccc(=O)[nH]c2=S)cc1. The molecule has 0 bridgehead atoms.